The molecule has 0 atom stereocenters. The van der Waals surface area contributed by atoms with Crippen molar-refractivity contribution in [1.82, 2.24) is 25.3 Å². The zero-order valence-corrected chi connectivity index (χ0v) is 21.5. The highest BCUT2D eigenvalue weighted by atomic mass is 35.5. The quantitative estimate of drug-likeness (QED) is 0.309. The number of aromatic nitrogens is 4. The maximum absolute atomic E-state index is 13.6. The Balaban J connectivity index is 1.79. The molecule has 0 spiro atoms. The summed E-state index contributed by atoms with van der Waals surface area (Å²) in [4.78, 5) is 13.6. The molecule has 10 heteroatoms. The first-order valence-corrected chi connectivity index (χ1v) is 12.2. The third-order valence-electron chi connectivity index (χ3n) is 5.55. The van der Waals surface area contributed by atoms with Crippen LogP contribution in [0.3, 0.4) is 0 Å². The largest absolute Gasteiger partial charge is 0.419 e. The Morgan fingerprint density at radius 1 is 1.03 bits per heavy atom. The minimum absolute atomic E-state index is 0.128. The molecule has 2 aromatic heterocycles. The third kappa shape index (κ3) is 4.81. The molecule has 0 unspecified atom stereocenters. The lowest BCUT2D eigenvalue weighted by atomic mass is 9.97. The molecule has 1 saturated carbocycles. The van der Waals surface area contributed by atoms with Gasteiger partial charge in [0.1, 0.15) is 0 Å². The van der Waals surface area contributed by atoms with Gasteiger partial charge < -0.3 is 9.73 Å². The lowest BCUT2D eigenvalue weighted by Gasteiger charge is -2.12. The van der Waals surface area contributed by atoms with E-state index in [-0.39, 0.29) is 28.9 Å². The highest BCUT2D eigenvalue weighted by Gasteiger charge is 2.34. The fraction of sp³-hybridized carbons (Fsp3) is 0.280. The van der Waals surface area contributed by atoms with Crippen molar-refractivity contribution in [2.75, 3.05) is 0 Å². The van der Waals surface area contributed by atoms with Crippen LogP contribution < -0.4 is 5.32 Å². The molecule has 1 amide bonds. The van der Waals surface area contributed by atoms with Gasteiger partial charge in [-0.1, -0.05) is 67.7 Å². The number of benzene rings is 2. The standard InChI is InChI=1S/C25H22Cl3N5O2/c1-25(2,3)24-31-30-23(35-24)20-19(22(34)29-16-9-10-16)21(13-4-6-14(26)7-5-13)33(32-20)18-11-8-15(27)12-17(18)28/h4-8,11-12,16H,9-10H2,1-3H3,(H,29,34). The van der Waals surface area contributed by atoms with E-state index in [4.69, 9.17) is 44.3 Å². The Morgan fingerprint density at radius 3 is 2.31 bits per heavy atom. The van der Waals surface area contributed by atoms with Crippen LogP contribution >= 0.6 is 34.8 Å². The van der Waals surface area contributed by atoms with Crippen molar-refractivity contribution in [1.29, 1.82) is 0 Å². The topological polar surface area (TPSA) is 85.8 Å². The van der Waals surface area contributed by atoms with Crippen molar-refractivity contribution in [3.05, 3.63) is 69.0 Å². The molecule has 1 aliphatic rings. The summed E-state index contributed by atoms with van der Waals surface area (Å²) in [6.07, 6.45) is 1.87. The molecule has 35 heavy (non-hydrogen) atoms. The van der Waals surface area contributed by atoms with Crippen molar-refractivity contribution in [2.45, 2.75) is 45.1 Å². The summed E-state index contributed by atoms with van der Waals surface area (Å²) in [6, 6.07) is 12.4. The summed E-state index contributed by atoms with van der Waals surface area (Å²) in [5, 5.41) is 17.7. The summed E-state index contributed by atoms with van der Waals surface area (Å²) in [5.41, 5.74) is 1.99. The number of nitrogens with zero attached hydrogens (tertiary/aromatic N) is 4. The lowest BCUT2D eigenvalue weighted by molar-refractivity contribution is 0.0952. The monoisotopic (exact) mass is 529 g/mol. The summed E-state index contributed by atoms with van der Waals surface area (Å²) < 4.78 is 7.61. The Labute approximate surface area is 217 Å². The van der Waals surface area contributed by atoms with Gasteiger partial charge in [0.05, 0.1) is 22.0 Å². The van der Waals surface area contributed by atoms with Crippen molar-refractivity contribution in [3.8, 4) is 28.5 Å². The van der Waals surface area contributed by atoms with Gasteiger partial charge in [0.2, 0.25) is 5.89 Å². The number of rotatable bonds is 5. The number of carbonyl (C=O) groups excluding carboxylic acids is 1. The summed E-state index contributed by atoms with van der Waals surface area (Å²) >= 11 is 18.9. The van der Waals surface area contributed by atoms with Gasteiger partial charge in [0.25, 0.3) is 11.8 Å². The summed E-state index contributed by atoms with van der Waals surface area (Å²) in [6.45, 7) is 5.91. The van der Waals surface area contributed by atoms with Gasteiger partial charge in [-0.3, -0.25) is 4.79 Å². The lowest BCUT2D eigenvalue weighted by Crippen LogP contribution is -2.26. The van der Waals surface area contributed by atoms with Crippen LogP contribution in [0, 0.1) is 0 Å². The molecule has 1 fully saturated rings. The molecule has 0 aliphatic heterocycles. The fourth-order valence-electron chi connectivity index (χ4n) is 3.59. The average molecular weight is 531 g/mol. The van der Waals surface area contributed by atoms with Crippen LogP contribution in [0.2, 0.25) is 15.1 Å². The maximum Gasteiger partial charge on any atom is 0.269 e. The maximum atomic E-state index is 13.6. The first-order valence-electron chi connectivity index (χ1n) is 11.1. The molecule has 2 heterocycles. The Bertz CT molecular complexity index is 1420. The predicted molar refractivity (Wildman–Crippen MR) is 137 cm³/mol. The molecule has 7 nitrogen and oxygen atoms in total. The Morgan fingerprint density at radius 2 is 1.71 bits per heavy atom. The molecule has 0 radical (unpaired) electrons. The van der Waals surface area contributed by atoms with E-state index in [0.29, 0.717) is 37.9 Å². The number of hydrogen-bond donors (Lipinski definition) is 1. The van der Waals surface area contributed by atoms with Crippen molar-refractivity contribution < 1.29 is 9.21 Å². The molecular formula is C25H22Cl3N5O2. The first-order chi connectivity index (χ1) is 16.6. The van der Waals surface area contributed by atoms with Gasteiger partial charge in [-0.2, -0.15) is 5.10 Å². The predicted octanol–water partition coefficient (Wildman–Crippen LogP) is 6.74. The van der Waals surface area contributed by atoms with Crippen LogP contribution in [0.15, 0.2) is 46.9 Å². The Hall–Kier alpha value is -2.87. The van der Waals surface area contributed by atoms with Crippen LogP contribution in [0.4, 0.5) is 0 Å². The molecule has 2 aromatic carbocycles. The molecule has 0 bridgehead atoms. The van der Waals surface area contributed by atoms with Gasteiger partial charge in [0, 0.05) is 27.1 Å². The molecule has 1 N–H and O–H groups in total. The van der Waals surface area contributed by atoms with E-state index in [1.54, 1.807) is 35.0 Å². The average Bonchev–Trinajstić information content (AvgIpc) is 3.31. The van der Waals surface area contributed by atoms with E-state index in [9.17, 15) is 4.79 Å². The molecule has 5 rings (SSSR count). The minimum Gasteiger partial charge on any atom is -0.419 e. The second kappa shape index (κ2) is 8.97. The number of hydrogen-bond acceptors (Lipinski definition) is 5. The number of halogens is 3. The van der Waals surface area contributed by atoms with Crippen LogP contribution in [-0.4, -0.2) is 31.9 Å². The molecule has 1 aliphatic carbocycles. The summed E-state index contributed by atoms with van der Waals surface area (Å²) in [5.74, 6) is 0.308. The van der Waals surface area contributed by atoms with E-state index in [1.165, 1.54) is 0 Å². The SMILES string of the molecule is CC(C)(C)c1nnc(-c2nn(-c3ccc(Cl)cc3Cl)c(-c3ccc(Cl)cc3)c2C(=O)NC2CC2)o1. The van der Waals surface area contributed by atoms with Gasteiger partial charge in [-0.25, -0.2) is 4.68 Å². The number of nitrogens with one attached hydrogen (secondary N) is 1. The van der Waals surface area contributed by atoms with Crippen LogP contribution in [0.1, 0.15) is 49.9 Å². The van der Waals surface area contributed by atoms with Crippen molar-refractivity contribution >= 4 is 40.7 Å². The van der Waals surface area contributed by atoms with Crippen LogP contribution in [0.25, 0.3) is 28.5 Å². The zero-order valence-electron chi connectivity index (χ0n) is 19.3. The van der Waals surface area contributed by atoms with Gasteiger partial charge in [-0.15, -0.1) is 10.2 Å². The highest BCUT2D eigenvalue weighted by molar-refractivity contribution is 6.35. The number of carbonyl (C=O) groups is 1. The van der Waals surface area contributed by atoms with Gasteiger partial charge >= 0.3 is 0 Å². The molecule has 4 aromatic rings. The summed E-state index contributed by atoms with van der Waals surface area (Å²) in [7, 11) is 0. The van der Waals surface area contributed by atoms with E-state index >= 15 is 0 Å². The van der Waals surface area contributed by atoms with Crippen molar-refractivity contribution in [3.63, 3.8) is 0 Å². The van der Waals surface area contributed by atoms with Crippen LogP contribution in [-0.2, 0) is 5.41 Å². The van der Waals surface area contributed by atoms with E-state index in [2.05, 4.69) is 15.5 Å². The fourth-order valence-corrected chi connectivity index (χ4v) is 4.21. The molecule has 0 saturated heterocycles. The number of amides is 1. The first kappa shape index (κ1) is 23.9. The minimum atomic E-state index is -0.372. The van der Waals surface area contributed by atoms with Crippen LogP contribution in [0.5, 0.6) is 0 Å². The highest BCUT2D eigenvalue weighted by Crippen LogP contribution is 2.38. The van der Waals surface area contributed by atoms with Gasteiger partial charge in [-0.05, 0) is 43.2 Å². The van der Waals surface area contributed by atoms with Gasteiger partial charge in [0.15, 0.2) is 5.69 Å². The van der Waals surface area contributed by atoms with E-state index in [0.717, 1.165) is 18.4 Å². The normalized spacial score (nSPS) is 13.8. The second-order valence-electron chi connectivity index (χ2n) is 9.50. The third-order valence-corrected chi connectivity index (χ3v) is 6.34. The smallest absolute Gasteiger partial charge is 0.269 e. The van der Waals surface area contributed by atoms with E-state index in [1.807, 2.05) is 32.9 Å². The van der Waals surface area contributed by atoms with E-state index < -0.39 is 0 Å². The molecular weight excluding hydrogens is 509 g/mol. The molecule has 180 valence electrons. The second-order valence-corrected chi connectivity index (χ2v) is 10.8. The van der Waals surface area contributed by atoms with Crippen molar-refractivity contribution in [2.24, 2.45) is 0 Å². The zero-order chi connectivity index (χ0) is 24.9. The Kier molecular flexibility index (Phi) is 6.11.